The van der Waals surface area contributed by atoms with Crippen molar-refractivity contribution in [2.45, 2.75) is 234 Å². The van der Waals surface area contributed by atoms with E-state index in [0.717, 1.165) is 25.7 Å². The average molecular weight is 935 g/mol. The molecule has 0 saturated heterocycles. The van der Waals surface area contributed by atoms with Gasteiger partial charge in [0.15, 0.2) is 13.2 Å². The molecular weight excluding hydrogens is 857 g/mol. The topological polar surface area (TPSA) is 253 Å². The fraction of sp³-hybridized carbons (Fsp3) is 0.900. The zero-order chi connectivity index (χ0) is 48.6. The fourth-order valence-electron chi connectivity index (χ4n) is 15.0. The first-order valence-corrected chi connectivity index (χ1v) is 24.8. The van der Waals surface area contributed by atoms with Crippen molar-refractivity contribution in [2.24, 2.45) is 35.0 Å². The smallest absolute Gasteiger partial charge is 0.344 e. The zero-order valence-electron chi connectivity index (χ0n) is 40.4. The average Bonchev–Trinajstić information content (AvgIpc) is 3.14. The Hall–Kier alpha value is -2.89. The summed E-state index contributed by atoms with van der Waals surface area (Å²) in [5.74, 6) is -1.95. The molecule has 0 amide bonds. The molecule has 0 aromatic rings. The quantitative estimate of drug-likeness (QED) is 0.107. The van der Waals surface area contributed by atoms with E-state index in [0.29, 0.717) is 109 Å². The molecule has 12 bridgehead atoms. The maximum absolute atomic E-state index is 12.2. The molecule has 16 heteroatoms. The summed E-state index contributed by atoms with van der Waals surface area (Å²) in [5, 5.41) is 63.8. The van der Waals surface area contributed by atoms with E-state index < -0.39 is 92.9 Å². The van der Waals surface area contributed by atoms with Gasteiger partial charge in [0, 0.05) is 57.8 Å². The number of hydrogen-bond donors (Lipinski definition) is 6. The van der Waals surface area contributed by atoms with Gasteiger partial charge >= 0.3 is 29.8 Å². The monoisotopic (exact) mass is 935 g/mol. The molecule has 66 heavy (non-hydrogen) atoms. The second-order valence-corrected chi connectivity index (χ2v) is 24.3. The minimum Gasteiger partial charge on any atom is -0.459 e. The van der Waals surface area contributed by atoms with Crippen LogP contribution in [0.4, 0.5) is 0 Å². The zero-order valence-corrected chi connectivity index (χ0v) is 40.4. The molecule has 8 unspecified atom stereocenters. The molecule has 0 heterocycles. The van der Waals surface area contributed by atoms with Crippen molar-refractivity contribution in [3.8, 4) is 0 Å². The molecule has 12 aliphatic carbocycles. The normalized spacial score (nSPS) is 43.6. The van der Waals surface area contributed by atoms with Crippen LogP contribution in [0, 0.1) is 35.0 Å². The van der Waals surface area contributed by atoms with E-state index in [1.165, 1.54) is 0 Å². The summed E-state index contributed by atoms with van der Waals surface area (Å²) in [7, 11) is 0. The van der Waals surface area contributed by atoms with E-state index in [1.807, 2.05) is 27.7 Å². The lowest BCUT2D eigenvalue weighted by Gasteiger charge is -2.62. The van der Waals surface area contributed by atoms with Gasteiger partial charge in [-0.2, -0.15) is 0 Å². The van der Waals surface area contributed by atoms with E-state index >= 15 is 0 Å². The van der Waals surface area contributed by atoms with Crippen molar-refractivity contribution in [2.75, 3.05) is 13.2 Å². The van der Waals surface area contributed by atoms with Gasteiger partial charge in [0.25, 0.3) is 0 Å². The lowest BCUT2D eigenvalue weighted by Crippen LogP contribution is -2.67. The van der Waals surface area contributed by atoms with Gasteiger partial charge in [-0.3, -0.25) is 14.4 Å². The molecule has 0 aromatic heterocycles. The highest BCUT2D eigenvalue weighted by atomic mass is 16.6. The van der Waals surface area contributed by atoms with Gasteiger partial charge in [0.05, 0.1) is 50.9 Å². The first kappa shape index (κ1) is 51.0. The van der Waals surface area contributed by atoms with Crippen LogP contribution in [0.1, 0.15) is 183 Å². The predicted octanol–water partition coefficient (Wildman–Crippen LogP) is 4.80. The molecule has 8 atom stereocenters. The Morgan fingerprint density at radius 2 is 0.773 bits per heavy atom. The third-order valence-electron chi connectivity index (χ3n) is 17.0. The molecule has 12 aliphatic rings. The Bertz CT molecular complexity index is 1840. The van der Waals surface area contributed by atoms with E-state index in [9.17, 15) is 54.6 Å². The number of carbonyl (C=O) groups excluding carboxylic acids is 5. The van der Waals surface area contributed by atoms with Crippen molar-refractivity contribution in [3.05, 3.63) is 0 Å². The van der Waals surface area contributed by atoms with Crippen LogP contribution in [0.2, 0.25) is 0 Å². The van der Waals surface area contributed by atoms with Crippen molar-refractivity contribution in [1.29, 1.82) is 0 Å². The molecule has 0 radical (unpaired) electrons. The van der Waals surface area contributed by atoms with Crippen molar-refractivity contribution in [1.82, 2.24) is 0 Å². The summed E-state index contributed by atoms with van der Waals surface area (Å²) in [6, 6.07) is 0. The van der Waals surface area contributed by atoms with Crippen LogP contribution in [0.15, 0.2) is 0 Å². The Morgan fingerprint density at radius 3 is 1.08 bits per heavy atom. The lowest BCUT2D eigenvalue weighted by molar-refractivity contribution is -0.263. The van der Waals surface area contributed by atoms with Gasteiger partial charge in [0.1, 0.15) is 16.8 Å². The highest BCUT2D eigenvalue weighted by Gasteiger charge is 2.67. The van der Waals surface area contributed by atoms with Crippen LogP contribution in [0.5, 0.6) is 0 Å². The highest BCUT2D eigenvalue weighted by molar-refractivity contribution is 5.80. The van der Waals surface area contributed by atoms with E-state index in [1.54, 1.807) is 20.8 Å². The van der Waals surface area contributed by atoms with Crippen molar-refractivity contribution >= 4 is 29.8 Å². The minimum absolute atomic E-state index is 0.114. The minimum atomic E-state index is -0.949. The molecule has 374 valence electrons. The fourth-order valence-corrected chi connectivity index (χ4v) is 15.0. The van der Waals surface area contributed by atoms with Crippen LogP contribution in [0.25, 0.3) is 0 Å². The Labute approximate surface area is 389 Å². The third-order valence-corrected chi connectivity index (χ3v) is 17.0. The third kappa shape index (κ3) is 10.9. The summed E-state index contributed by atoms with van der Waals surface area (Å²) in [5.41, 5.74) is -8.34. The summed E-state index contributed by atoms with van der Waals surface area (Å²) in [4.78, 5) is 60.0. The highest BCUT2D eigenvalue weighted by Crippen LogP contribution is 2.63. The molecule has 6 N–H and O–H groups in total. The summed E-state index contributed by atoms with van der Waals surface area (Å²) in [6.45, 7) is 12.0. The molecular formula is C50H78O16. The van der Waals surface area contributed by atoms with Crippen LogP contribution in [-0.2, 0) is 47.7 Å². The van der Waals surface area contributed by atoms with Crippen LogP contribution < -0.4 is 0 Å². The SMILES string of the molecule is CCC(C)(C)C(=O)OCC(=O)OC12CC3CC(O)(CC(O)(C3)C1)C2.CCC(C)C(=O)OC12CC3CC(O)(CC(O)(C3)C1)C2.CCC(C)C(=O)OCC(=O)OC12CC3CC(O)(CC(O)(C3)C1)C2. The van der Waals surface area contributed by atoms with Crippen LogP contribution in [0.3, 0.4) is 0 Å². The number of carbonyl (C=O) groups is 5. The number of hydrogen-bond acceptors (Lipinski definition) is 16. The molecule has 0 aromatic carbocycles. The van der Waals surface area contributed by atoms with Crippen molar-refractivity contribution < 1.29 is 78.3 Å². The maximum atomic E-state index is 12.2. The first-order chi connectivity index (χ1) is 30.4. The summed E-state index contributed by atoms with van der Waals surface area (Å²) >= 11 is 0. The Kier molecular flexibility index (Phi) is 13.5. The standard InChI is InChI=1S/C18H28O6.C17H26O6.C15H24O4/c1-4-15(2,3)14(20)23-8-13(19)24-18-7-12-5-16(21,10-18)9-17(22,6-12)11-18;1-3-11(2)14(19)22-7-13(18)23-17-6-12-4-15(20,9-17)8-16(21,5-12)10-17;1-3-10(2)12(16)19-15-6-11-4-13(17,8-15)7-14(18,5-11)9-15/h12,21-22H,4-11H2,1-3H3;11-12,20-21H,3-10H2,1-2H3;10-11,17-18H,3-9H2,1-2H3. The molecule has 0 spiro atoms. The molecule has 0 aliphatic heterocycles. The van der Waals surface area contributed by atoms with Gasteiger partial charge in [0.2, 0.25) is 0 Å². The van der Waals surface area contributed by atoms with Gasteiger partial charge in [-0.1, -0.05) is 34.6 Å². The van der Waals surface area contributed by atoms with Crippen LogP contribution >= 0.6 is 0 Å². The number of rotatable bonds is 13. The van der Waals surface area contributed by atoms with Gasteiger partial charge < -0.3 is 54.3 Å². The Balaban J connectivity index is 0.000000148. The molecule has 12 fully saturated rings. The molecule has 16 nitrogen and oxygen atoms in total. The number of esters is 5. The van der Waals surface area contributed by atoms with Gasteiger partial charge in [-0.25, -0.2) is 9.59 Å². The lowest BCUT2D eigenvalue weighted by atomic mass is 9.50. The predicted molar refractivity (Wildman–Crippen MR) is 235 cm³/mol. The number of aliphatic hydroxyl groups is 6. The molecule has 12 saturated carbocycles. The number of ether oxygens (including phenoxy) is 5. The largest absolute Gasteiger partial charge is 0.459 e. The van der Waals surface area contributed by atoms with Gasteiger partial charge in [-0.15, -0.1) is 0 Å². The maximum Gasteiger partial charge on any atom is 0.344 e. The van der Waals surface area contributed by atoms with Gasteiger partial charge in [-0.05, 0) is 109 Å². The van der Waals surface area contributed by atoms with Crippen LogP contribution in [-0.4, -0.2) is 124 Å². The van der Waals surface area contributed by atoms with E-state index in [4.69, 9.17) is 23.7 Å². The second-order valence-electron chi connectivity index (χ2n) is 24.3. The Morgan fingerprint density at radius 1 is 0.470 bits per heavy atom. The van der Waals surface area contributed by atoms with Crippen molar-refractivity contribution in [3.63, 3.8) is 0 Å². The summed E-state index contributed by atoms with van der Waals surface area (Å²) < 4.78 is 27.1. The second kappa shape index (κ2) is 17.5. The van der Waals surface area contributed by atoms with E-state index in [2.05, 4.69) is 0 Å². The van der Waals surface area contributed by atoms with E-state index in [-0.39, 0.29) is 35.6 Å². The first-order valence-electron chi connectivity index (χ1n) is 24.8. The summed E-state index contributed by atoms with van der Waals surface area (Å²) in [6.07, 6.45) is 11.9. The molecule has 12 rings (SSSR count).